The van der Waals surface area contributed by atoms with Gasteiger partial charge in [0.25, 0.3) is 0 Å². The lowest BCUT2D eigenvalue weighted by atomic mass is 10.0. The first-order valence-electron chi connectivity index (χ1n) is 6.16. The van der Waals surface area contributed by atoms with E-state index in [2.05, 4.69) is 0 Å². The van der Waals surface area contributed by atoms with Gasteiger partial charge in [-0.2, -0.15) is 0 Å². The molecule has 2 fully saturated rings. The molecular weight excluding hydrogens is 240 g/mol. The van der Waals surface area contributed by atoms with E-state index in [0.717, 1.165) is 12.1 Å². The molecule has 0 aliphatic carbocycles. The summed E-state index contributed by atoms with van der Waals surface area (Å²) in [6.07, 6.45) is 1.37. The number of halogens is 2. The van der Waals surface area contributed by atoms with Crippen LogP contribution in [0.25, 0.3) is 0 Å². The second-order valence-electron chi connectivity index (χ2n) is 4.69. The van der Waals surface area contributed by atoms with E-state index < -0.39 is 11.6 Å². The van der Waals surface area contributed by atoms with Crippen molar-refractivity contribution >= 4 is 5.69 Å². The van der Waals surface area contributed by atoms with Gasteiger partial charge in [-0.3, -0.25) is 0 Å². The van der Waals surface area contributed by atoms with E-state index in [-0.39, 0.29) is 5.82 Å². The third-order valence-corrected chi connectivity index (χ3v) is 3.59. The van der Waals surface area contributed by atoms with Crippen LogP contribution >= 0.6 is 0 Å². The Balaban J connectivity index is 1.74. The van der Waals surface area contributed by atoms with Gasteiger partial charge in [0.05, 0.1) is 18.9 Å². The summed E-state index contributed by atoms with van der Waals surface area (Å²) >= 11 is 0. The average Bonchev–Trinajstić information content (AvgIpc) is 2.82. The quantitative estimate of drug-likeness (QED) is 0.768. The minimum Gasteiger partial charge on any atom is -0.369 e. The molecule has 0 amide bonds. The van der Waals surface area contributed by atoms with Crippen molar-refractivity contribution < 1.29 is 18.3 Å². The summed E-state index contributed by atoms with van der Waals surface area (Å²) in [4.78, 5) is 1.84. The van der Waals surface area contributed by atoms with Gasteiger partial charge in [0.1, 0.15) is 11.6 Å². The summed E-state index contributed by atoms with van der Waals surface area (Å²) < 4.78 is 38.0. The van der Waals surface area contributed by atoms with E-state index in [1.165, 1.54) is 6.07 Å². The number of hydrogen-bond donors (Lipinski definition) is 0. The summed E-state index contributed by atoms with van der Waals surface area (Å²) in [5.41, 5.74) is 0.322. The zero-order valence-electron chi connectivity index (χ0n) is 9.99. The van der Waals surface area contributed by atoms with Gasteiger partial charge in [-0.25, -0.2) is 8.78 Å². The van der Waals surface area contributed by atoms with Crippen molar-refractivity contribution in [1.82, 2.24) is 0 Å². The summed E-state index contributed by atoms with van der Waals surface area (Å²) in [7, 11) is 0. The zero-order valence-corrected chi connectivity index (χ0v) is 9.99. The highest BCUT2D eigenvalue weighted by Crippen LogP contribution is 2.34. The molecule has 1 aromatic rings. The Hall–Kier alpha value is -1.20. The van der Waals surface area contributed by atoms with Gasteiger partial charge < -0.3 is 14.4 Å². The van der Waals surface area contributed by atoms with Crippen LogP contribution in [-0.4, -0.2) is 32.1 Å². The maximum atomic E-state index is 13.7. The SMILES string of the molecule is Fc1ccc(F)c(N2CCC3(CC2)OCCO3)c1. The molecule has 2 aliphatic rings. The monoisotopic (exact) mass is 255 g/mol. The number of nitrogens with zero attached hydrogens (tertiary/aromatic N) is 1. The van der Waals surface area contributed by atoms with E-state index in [1.54, 1.807) is 0 Å². The Labute approximate surface area is 104 Å². The number of anilines is 1. The minimum atomic E-state index is -0.486. The Morgan fingerprint density at radius 2 is 1.72 bits per heavy atom. The van der Waals surface area contributed by atoms with E-state index in [1.807, 2.05) is 4.90 Å². The van der Waals surface area contributed by atoms with Crippen LogP contribution in [0, 0.1) is 11.6 Å². The maximum Gasteiger partial charge on any atom is 0.171 e. The van der Waals surface area contributed by atoms with E-state index in [0.29, 0.717) is 44.8 Å². The second-order valence-corrected chi connectivity index (χ2v) is 4.69. The Kier molecular flexibility index (Phi) is 2.95. The van der Waals surface area contributed by atoms with Crippen molar-refractivity contribution in [3.05, 3.63) is 29.8 Å². The molecule has 1 aromatic carbocycles. The first kappa shape index (κ1) is 11.9. The number of hydrogen-bond acceptors (Lipinski definition) is 3. The third kappa shape index (κ3) is 2.08. The lowest BCUT2D eigenvalue weighted by molar-refractivity contribution is -0.169. The van der Waals surface area contributed by atoms with E-state index in [4.69, 9.17) is 9.47 Å². The Morgan fingerprint density at radius 1 is 1.06 bits per heavy atom. The van der Waals surface area contributed by atoms with Crippen LogP contribution in [0.15, 0.2) is 18.2 Å². The Bertz CT molecular complexity index is 437. The summed E-state index contributed by atoms with van der Waals surface area (Å²) in [6.45, 7) is 2.46. The lowest BCUT2D eigenvalue weighted by Crippen LogP contribution is -2.45. The maximum absolute atomic E-state index is 13.7. The highest BCUT2D eigenvalue weighted by atomic mass is 19.1. The smallest absolute Gasteiger partial charge is 0.171 e. The van der Waals surface area contributed by atoms with Crippen molar-refractivity contribution in [2.45, 2.75) is 18.6 Å². The third-order valence-electron chi connectivity index (χ3n) is 3.59. The second kappa shape index (κ2) is 4.48. The molecule has 3 rings (SSSR count). The van der Waals surface area contributed by atoms with Crippen molar-refractivity contribution in [3.63, 3.8) is 0 Å². The summed E-state index contributed by atoms with van der Waals surface area (Å²) in [5.74, 6) is -1.29. The average molecular weight is 255 g/mol. The number of benzene rings is 1. The molecule has 98 valence electrons. The van der Waals surface area contributed by atoms with Crippen LogP contribution in [0.5, 0.6) is 0 Å². The van der Waals surface area contributed by atoms with Gasteiger partial charge in [-0.15, -0.1) is 0 Å². The van der Waals surface area contributed by atoms with Gasteiger partial charge in [0.2, 0.25) is 0 Å². The van der Waals surface area contributed by atoms with Crippen molar-refractivity contribution in [1.29, 1.82) is 0 Å². The molecule has 5 heteroatoms. The molecular formula is C13H15F2NO2. The van der Waals surface area contributed by atoms with Crippen LogP contribution in [0.2, 0.25) is 0 Å². The molecule has 0 bridgehead atoms. The first-order chi connectivity index (χ1) is 8.69. The van der Waals surface area contributed by atoms with Gasteiger partial charge in [-0.1, -0.05) is 0 Å². The van der Waals surface area contributed by atoms with E-state index in [9.17, 15) is 8.78 Å². The number of ether oxygens (including phenoxy) is 2. The zero-order chi connectivity index (χ0) is 12.6. The number of rotatable bonds is 1. The molecule has 3 nitrogen and oxygen atoms in total. The molecule has 0 atom stereocenters. The highest BCUT2D eigenvalue weighted by Gasteiger charge is 2.40. The molecule has 0 N–H and O–H groups in total. The molecule has 2 aliphatic heterocycles. The van der Waals surface area contributed by atoms with Crippen molar-refractivity contribution in [2.75, 3.05) is 31.2 Å². The molecule has 18 heavy (non-hydrogen) atoms. The molecule has 0 saturated carbocycles. The van der Waals surface area contributed by atoms with Crippen LogP contribution in [0.3, 0.4) is 0 Å². The Morgan fingerprint density at radius 3 is 2.39 bits per heavy atom. The van der Waals surface area contributed by atoms with Gasteiger partial charge in [0, 0.05) is 32.0 Å². The van der Waals surface area contributed by atoms with E-state index >= 15 is 0 Å². The molecule has 2 saturated heterocycles. The first-order valence-corrected chi connectivity index (χ1v) is 6.16. The molecule has 0 aromatic heterocycles. The van der Waals surface area contributed by atoms with Crippen LogP contribution in [0.1, 0.15) is 12.8 Å². The molecule has 0 unspecified atom stereocenters. The fourth-order valence-electron chi connectivity index (χ4n) is 2.60. The fourth-order valence-corrected chi connectivity index (χ4v) is 2.60. The van der Waals surface area contributed by atoms with Crippen molar-refractivity contribution in [2.24, 2.45) is 0 Å². The van der Waals surface area contributed by atoms with Gasteiger partial charge in [0.15, 0.2) is 5.79 Å². The lowest BCUT2D eigenvalue weighted by Gasteiger charge is -2.38. The summed E-state index contributed by atoms with van der Waals surface area (Å²) in [6, 6.07) is 3.54. The predicted octanol–water partition coefficient (Wildman–Crippen LogP) is 2.31. The highest BCUT2D eigenvalue weighted by molar-refractivity contribution is 5.48. The fraction of sp³-hybridized carbons (Fsp3) is 0.538. The largest absolute Gasteiger partial charge is 0.369 e. The topological polar surface area (TPSA) is 21.7 Å². The summed E-state index contributed by atoms with van der Waals surface area (Å²) in [5, 5.41) is 0. The molecule has 1 spiro atoms. The normalized spacial score (nSPS) is 22.7. The van der Waals surface area contributed by atoms with Crippen molar-refractivity contribution in [3.8, 4) is 0 Å². The van der Waals surface area contributed by atoms with Crippen LogP contribution < -0.4 is 4.90 Å². The van der Waals surface area contributed by atoms with Crippen LogP contribution in [0.4, 0.5) is 14.5 Å². The minimum absolute atomic E-state index is 0.322. The number of piperidine rings is 1. The van der Waals surface area contributed by atoms with Gasteiger partial charge in [-0.05, 0) is 12.1 Å². The molecule has 2 heterocycles. The standard InChI is InChI=1S/C13H15F2NO2/c14-10-1-2-11(15)12(9-10)16-5-3-13(4-6-16)17-7-8-18-13/h1-2,9H,3-8H2. The predicted molar refractivity (Wildman–Crippen MR) is 62.4 cm³/mol. The van der Waals surface area contributed by atoms with Gasteiger partial charge >= 0.3 is 0 Å². The molecule has 0 radical (unpaired) electrons. The van der Waals surface area contributed by atoms with Crippen LogP contribution in [-0.2, 0) is 9.47 Å².